The Morgan fingerprint density at radius 3 is 2.39 bits per heavy atom. The molecule has 9 nitrogen and oxygen atoms in total. The summed E-state index contributed by atoms with van der Waals surface area (Å²) < 4.78 is 5.12. The average molecular weight is 604 g/mol. The number of anilines is 2. The Balaban J connectivity index is 1.34. The number of amides is 3. The van der Waals surface area contributed by atoms with Crippen LogP contribution in [0, 0.1) is 6.92 Å². The van der Waals surface area contributed by atoms with Gasteiger partial charge in [0, 0.05) is 10.6 Å². The van der Waals surface area contributed by atoms with E-state index >= 15 is 0 Å². The Kier molecular flexibility index (Phi) is 8.48. The number of halogens is 1. The lowest BCUT2D eigenvalue weighted by Crippen LogP contribution is -2.31. The van der Waals surface area contributed by atoms with E-state index in [-0.39, 0.29) is 27.0 Å². The van der Waals surface area contributed by atoms with E-state index in [4.69, 9.17) is 16.3 Å². The summed E-state index contributed by atoms with van der Waals surface area (Å²) in [5.74, 6) is -0.531. The van der Waals surface area contributed by atoms with Crippen LogP contribution in [0.3, 0.4) is 0 Å². The van der Waals surface area contributed by atoms with Crippen LogP contribution in [0.15, 0.2) is 88.9 Å². The number of ether oxygens (including phenoxy) is 1. The van der Waals surface area contributed by atoms with E-state index in [2.05, 4.69) is 20.8 Å². The van der Waals surface area contributed by atoms with Gasteiger partial charge in [0.2, 0.25) is 0 Å². The topological polar surface area (TPSA) is 113 Å². The first-order chi connectivity index (χ1) is 19.8. The molecule has 1 aliphatic heterocycles. The number of amidine groups is 1. The van der Waals surface area contributed by atoms with E-state index in [1.807, 2.05) is 30.3 Å². The second-order valence-corrected chi connectivity index (χ2v) is 11.0. The first kappa shape index (κ1) is 28.1. The van der Waals surface area contributed by atoms with Gasteiger partial charge in [0.1, 0.15) is 10.6 Å². The fraction of sp³-hybridized carbons (Fsp3) is 0.0690. The lowest BCUT2D eigenvalue weighted by molar-refractivity contribution is -0.113. The van der Waals surface area contributed by atoms with Crippen LogP contribution >= 0.6 is 34.7 Å². The number of thiazole rings is 1. The van der Waals surface area contributed by atoms with Crippen molar-refractivity contribution in [2.45, 2.75) is 6.92 Å². The van der Waals surface area contributed by atoms with Crippen LogP contribution in [0.4, 0.5) is 10.8 Å². The standard InChI is InChI=1S/C29H22ClN5O4S2/c1-17-24(41-28(31-17)32-25(36)19-10-14-22(39-2)15-11-19)26(37)33-34-29-35(21-6-4-3-5-7-21)27(38)23(40-29)16-18-8-12-20(30)13-9-18/h3-16H,1-2H3,(H,33,37)(H,31,32,36)/b23-16+,34-29+. The molecule has 3 aromatic carbocycles. The zero-order valence-electron chi connectivity index (χ0n) is 21.8. The van der Waals surface area contributed by atoms with Gasteiger partial charge in [0.25, 0.3) is 17.7 Å². The van der Waals surface area contributed by atoms with E-state index < -0.39 is 5.91 Å². The van der Waals surface area contributed by atoms with Crippen molar-refractivity contribution in [3.8, 4) is 5.75 Å². The number of hydrazone groups is 1. The number of carbonyl (C=O) groups excluding carboxylic acids is 3. The van der Waals surface area contributed by atoms with E-state index in [0.29, 0.717) is 32.6 Å². The van der Waals surface area contributed by atoms with Gasteiger partial charge in [-0.15, -0.1) is 5.10 Å². The minimum absolute atomic E-state index is 0.269. The van der Waals surface area contributed by atoms with Crippen molar-refractivity contribution >= 4 is 74.5 Å². The lowest BCUT2D eigenvalue weighted by Gasteiger charge is -2.15. The summed E-state index contributed by atoms with van der Waals surface area (Å²) in [5, 5.41) is 8.15. The molecule has 0 unspecified atom stereocenters. The molecule has 0 bridgehead atoms. The van der Waals surface area contributed by atoms with E-state index in [1.165, 1.54) is 4.90 Å². The molecule has 0 spiro atoms. The Morgan fingerprint density at radius 2 is 1.71 bits per heavy atom. The molecule has 4 aromatic rings. The predicted molar refractivity (Wildman–Crippen MR) is 164 cm³/mol. The number of aromatic nitrogens is 1. The van der Waals surface area contributed by atoms with Crippen molar-refractivity contribution in [1.82, 2.24) is 10.4 Å². The van der Waals surface area contributed by atoms with Gasteiger partial charge in [0.15, 0.2) is 10.3 Å². The van der Waals surface area contributed by atoms with Gasteiger partial charge >= 0.3 is 0 Å². The molecule has 41 heavy (non-hydrogen) atoms. The summed E-state index contributed by atoms with van der Waals surface area (Å²) in [7, 11) is 1.55. The highest BCUT2D eigenvalue weighted by atomic mass is 35.5. The smallest absolute Gasteiger partial charge is 0.283 e. The molecular formula is C29H22ClN5O4S2. The molecule has 12 heteroatoms. The van der Waals surface area contributed by atoms with Crippen molar-refractivity contribution < 1.29 is 19.1 Å². The van der Waals surface area contributed by atoms with Gasteiger partial charge in [0.05, 0.1) is 23.4 Å². The largest absolute Gasteiger partial charge is 0.497 e. The predicted octanol–water partition coefficient (Wildman–Crippen LogP) is 6.19. The summed E-state index contributed by atoms with van der Waals surface area (Å²) >= 11 is 8.15. The third-order valence-electron chi connectivity index (χ3n) is 5.82. The van der Waals surface area contributed by atoms with E-state index in [9.17, 15) is 14.4 Å². The molecular weight excluding hydrogens is 582 g/mol. The quantitative estimate of drug-likeness (QED) is 0.192. The molecule has 1 saturated heterocycles. The number of rotatable bonds is 7. The number of nitrogens with one attached hydrogen (secondary N) is 2. The van der Waals surface area contributed by atoms with Crippen LogP contribution in [-0.4, -0.2) is 35.0 Å². The Bertz CT molecular complexity index is 1670. The number of aryl methyl sites for hydroxylation is 1. The van der Waals surface area contributed by atoms with Gasteiger partial charge in [-0.2, -0.15) is 0 Å². The van der Waals surface area contributed by atoms with Gasteiger partial charge in [-0.1, -0.05) is 53.3 Å². The van der Waals surface area contributed by atoms with Crippen molar-refractivity contribution in [2.24, 2.45) is 5.10 Å². The highest BCUT2D eigenvalue weighted by molar-refractivity contribution is 8.19. The number of nitrogens with zero attached hydrogens (tertiary/aromatic N) is 3. The molecule has 1 fully saturated rings. The number of hydrogen-bond donors (Lipinski definition) is 2. The minimum atomic E-state index is -0.520. The minimum Gasteiger partial charge on any atom is -0.497 e. The van der Waals surface area contributed by atoms with E-state index in [1.54, 1.807) is 68.6 Å². The third kappa shape index (κ3) is 6.49. The second kappa shape index (κ2) is 12.4. The third-order valence-corrected chi connectivity index (χ3v) is 8.11. The molecule has 3 amide bonds. The number of thioether (sulfide) groups is 1. The Morgan fingerprint density at radius 1 is 1.00 bits per heavy atom. The molecule has 5 rings (SSSR count). The molecule has 0 atom stereocenters. The summed E-state index contributed by atoms with van der Waals surface area (Å²) in [4.78, 5) is 45.5. The number of hydrogen-bond acceptors (Lipinski definition) is 8. The number of benzene rings is 3. The molecule has 206 valence electrons. The van der Waals surface area contributed by atoms with Crippen LogP contribution in [0.25, 0.3) is 6.08 Å². The zero-order chi connectivity index (χ0) is 28.9. The SMILES string of the molecule is COc1ccc(C(=O)Nc2nc(C)c(C(=O)N/N=C3/S/C(=C/c4ccc(Cl)cc4)C(=O)N3c3ccccc3)s2)cc1. The lowest BCUT2D eigenvalue weighted by atomic mass is 10.2. The first-order valence-corrected chi connectivity index (χ1v) is 14.2. The summed E-state index contributed by atoms with van der Waals surface area (Å²) in [6.07, 6.45) is 1.74. The van der Waals surface area contributed by atoms with Crippen molar-refractivity contribution in [2.75, 3.05) is 17.3 Å². The van der Waals surface area contributed by atoms with Gasteiger partial charge < -0.3 is 4.74 Å². The molecule has 2 heterocycles. The number of methoxy groups -OCH3 is 1. The highest BCUT2D eigenvalue weighted by Gasteiger charge is 2.35. The van der Waals surface area contributed by atoms with Crippen LogP contribution in [0.1, 0.15) is 31.3 Å². The second-order valence-electron chi connectivity index (χ2n) is 8.59. The Hall–Kier alpha value is -4.45. The summed E-state index contributed by atoms with van der Waals surface area (Å²) in [5.41, 5.74) is 4.79. The number of carbonyl (C=O) groups is 3. The molecule has 2 N–H and O–H groups in total. The molecule has 0 aliphatic carbocycles. The molecule has 1 aliphatic rings. The number of para-hydroxylation sites is 1. The maximum atomic E-state index is 13.4. The van der Waals surface area contributed by atoms with Crippen LogP contribution in [0.2, 0.25) is 5.02 Å². The van der Waals surface area contributed by atoms with Gasteiger partial charge in [-0.25, -0.2) is 10.4 Å². The van der Waals surface area contributed by atoms with E-state index in [0.717, 1.165) is 28.7 Å². The van der Waals surface area contributed by atoms with Crippen LogP contribution in [-0.2, 0) is 4.79 Å². The average Bonchev–Trinajstić information content (AvgIpc) is 3.51. The summed E-state index contributed by atoms with van der Waals surface area (Å²) in [6.45, 7) is 1.67. The van der Waals surface area contributed by atoms with Crippen LogP contribution < -0.4 is 20.4 Å². The fourth-order valence-corrected chi connectivity index (χ4v) is 5.70. The monoisotopic (exact) mass is 603 g/mol. The maximum absolute atomic E-state index is 13.4. The first-order valence-electron chi connectivity index (χ1n) is 12.2. The normalized spacial score (nSPS) is 14.9. The van der Waals surface area contributed by atoms with Crippen molar-refractivity contribution in [3.63, 3.8) is 0 Å². The zero-order valence-corrected chi connectivity index (χ0v) is 24.1. The molecule has 0 saturated carbocycles. The Labute approximate surface area is 248 Å². The maximum Gasteiger partial charge on any atom is 0.283 e. The van der Waals surface area contributed by atoms with Crippen molar-refractivity contribution in [3.05, 3.63) is 110 Å². The van der Waals surface area contributed by atoms with Crippen molar-refractivity contribution in [1.29, 1.82) is 0 Å². The fourth-order valence-electron chi connectivity index (χ4n) is 3.79. The molecule has 1 aromatic heterocycles. The van der Waals surface area contributed by atoms with Crippen LogP contribution in [0.5, 0.6) is 5.75 Å². The van der Waals surface area contributed by atoms with Gasteiger partial charge in [-0.3, -0.25) is 24.6 Å². The highest BCUT2D eigenvalue weighted by Crippen LogP contribution is 2.36. The summed E-state index contributed by atoms with van der Waals surface area (Å²) in [6, 6.07) is 22.8. The van der Waals surface area contributed by atoms with Gasteiger partial charge in [-0.05, 0) is 78.9 Å². The molecule has 0 radical (unpaired) electrons.